The second kappa shape index (κ2) is 2.47. The number of hydrogen-bond donors (Lipinski definition) is 0. The quantitative estimate of drug-likeness (QED) is 0.610. The summed E-state index contributed by atoms with van der Waals surface area (Å²) in [6.07, 6.45) is 1.51. The highest BCUT2D eigenvalue weighted by molar-refractivity contribution is 5.11. The summed E-state index contributed by atoms with van der Waals surface area (Å²) < 4.78 is 0. The van der Waals surface area contributed by atoms with E-state index >= 15 is 0 Å². The molecule has 0 N–H and O–H groups in total. The van der Waals surface area contributed by atoms with Crippen molar-refractivity contribution < 1.29 is 0 Å². The van der Waals surface area contributed by atoms with Crippen molar-refractivity contribution in [3.05, 3.63) is 0 Å². The largest absolute Gasteiger partial charge is 0.300 e. The molecule has 0 amide bonds. The summed E-state index contributed by atoms with van der Waals surface area (Å²) >= 11 is 0. The number of fused-ring (bicyclic) bond motifs is 1. The van der Waals surface area contributed by atoms with Crippen molar-refractivity contribution >= 4 is 0 Å². The Morgan fingerprint density at radius 3 is 2.25 bits per heavy atom. The van der Waals surface area contributed by atoms with Crippen LogP contribution in [-0.4, -0.2) is 24.0 Å². The molecule has 1 heteroatoms. The smallest absolute Gasteiger partial charge is 0.00465 e. The Morgan fingerprint density at radius 1 is 1.25 bits per heavy atom. The van der Waals surface area contributed by atoms with Crippen LogP contribution in [0, 0.1) is 17.3 Å². The van der Waals surface area contributed by atoms with Crippen LogP contribution in [0.15, 0.2) is 0 Å². The minimum absolute atomic E-state index is 0.740. The third-order valence-corrected chi connectivity index (χ3v) is 4.11. The van der Waals surface area contributed by atoms with E-state index < -0.39 is 0 Å². The molecule has 2 aliphatic rings. The number of piperidine rings is 1. The van der Waals surface area contributed by atoms with Gasteiger partial charge in [-0.2, -0.15) is 0 Å². The lowest BCUT2D eigenvalue weighted by molar-refractivity contribution is 0.210. The zero-order chi connectivity index (χ0) is 8.93. The molecule has 1 heterocycles. The molecule has 0 unspecified atom stereocenters. The molecule has 0 bridgehead atoms. The Labute approximate surface area is 76.1 Å². The van der Waals surface area contributed by atoms with Gasteiger partial charge in [-0.05, 0) is 37.5 Å². The summed E-state index contributed by atoms with van der Waals surface area (Å²) in [4.78, 5) is 2.65. The van der Waals surface area contributed by atoms with Gasteiger partial charge < -0.3 is 4.90 Å². The SMILES string of the molecule is CC(C)N1C[C@@H]2C[C@]2(C(C)C)C1. The van der Waals surface area contributed by atoms with E-state index in [4.69, 9.17) is 0 Å². The zero-order valence-electron chi connectivity index (χ0n) is 8.80. The molecule has 2 fully saturated rings. The lowest BCUT2D eigenvalue weighted by atomic mass is 9.91. The van der Waals surface area contributed by atoms with E-state index in [-0.39, 0.29) is 0 Å². The Hall–Kier alpha value is -0.0400. The van der Waals surface area contributed by atoms with Crippen molar-refractivity contribution in [2.75, 3.05) is 13.1 Å². The van der Waals surface area contributed by atoms with Crippen LogP contribution in [0.25, 0.3) is 0 Å². The van der Waals surface area contributed by atoms with E-state index in [1.54, 1.807) is 0 Å². The van der Waals surface area contributed by atoms with Gasteiger partial charge in [0, 0.05) is 19.1 Å². The third kappa shape index (κ3) is 1.02. The van der Waals surface area contributed by atoms with E-state index in [1.807, 2.05) is 0 Å². The van der Waals surface area contributed by atoms with Gasteiger partial charge in [0.25, 0.3) is 0 Å². The van der Waals surface area contributed by atoms with Gasteiger partial charge in [-0.3, -0.25) is 0 Å². The van der Waals surface area contributed by atoms with E-state index in [0.29, 0.717) is 0 Å². The highest BCUT2D eigenvalue weighted by atomic mass is 15.2. The van der Waals surface area contributed by atoms with Crippen LogP contribution in [0.3, 0.4) is 0 Å². The summed E-state index contributed by atoms with van der Waals surface area (Å²) in [5.41, 5.74) is 0.740. The second-order valence-corrected chi connectivity index (χ2v) is 5.31. The molecule has 2 rings (SSSR count). The van der Waals surface area contributed by atoms with Crippen LogP contribution >= 0.6 is 0 Å². The molecule has 1 nitrogen and oxygen atoms in total. The van der Waals surface area contributed by atoms with E-state index in [1.165, 1.54) is 19.5 Å². The van der Waals surface area contributed by atoms with E-state index in [0.717, 1.165) is 23.3 Å². The summed E-state index contributed by atoms with van der Waals surface area (Å²) in [5.74, 6) is 1.94. The van der Waals surface area contributed by atoms with Gasteiger partial charge in [-0.1, -0.05) is 13.8 Å². The monoisotopic (exact) mass is 167 g/mol. The van der Waals surface area contributed by atoms with Crippen LogP contribution in [0.2, 0.25) is 0 Å². The lowest BCUT2D eigenvalue weighted by Crippen LogP contribution is -2.32. The van der Waals surface area contributed by atoms with Crippen molar-refractivity contribution in [2.24, 2.45) is 17.3 Å². The van der Waals surface area contributed by atoms with Crippen molar-refractivity contribution in [3.8, 4) is 0 Å². The normalized spacial score (nSPS) is 41.0. The molecule has 1 aliphatic heterocycles. The first-order valence-corrected chi connectivity index (χ1v) is 5.30. The van der Waals surface area contributed by atoms with Gasteiger partial charge in [-0.15, -0.1) is 0 Å². The molecule has 0 radical (unpaired) electrons. The zero-order valence-corrected chi connectivity index (χ0v) is 8.80. The van der Waals surface area contributed by atoms with Gasteiger partial charge in [-0.25, -0.2) is 0 Å². The van der Waals surface area contributed by atoms with Crippen molar-refractivity contribution in [1.82, 2.24) is 4.90 Å². The van der Waals surface area contributed by atoms with Crippen LogP contribution in [0.5, 0.6) is 0 Å². The average Bonchev–Trinajstić information content (AvgIpc) is 2.55. The molecule has 1 aliphatic carbocycles. The maximum absolute atomic E-state index is 2.65. The molecule has 2 atom stereocenters. The van der Waals surface area contributed by atoms with Gasteiger partial charge in [0.1, 0.15) is 0 Å². The van der Waals surface area contributed by atoms with E-state index in [2.05, 4.69) is 32.6 Å². The highest BCUT2D eigenvalue weighted by Crippen LogP contribution is 2.62. The van der Waals surface area contributed by atoms with Gasteiger partial charge in [0.15, 0.2) is 0 Å². The summed E-state index contributed by atoms with van der Waals surface area (Å²) in [5, 5.41) is 0. The molecule has 0 aromatic carbocycles. The minimum Gasteiger partial charge on any atom is -0.300 e. The fraction of sp³-hybridized carbons (Fsp3) is 1.00. The van der Waals surface area contributed by atoms with Crippen LogP contribution in [-0.2, 0) is 0 Å². The molecule has 1 saturated carbocycles. The molecular weight excluding hydrogens is 146 g/mol. The number of rotatable bonds is 2. The summed E-state index contributed by atoms with van der Waals surface area (Å²) in [6, 6.07) is 0.758. The first-order chi connectivity index (χ1) is 5.56. The van der Waals surface area contributed by atoms with Crippen molar-refractivity contribution in [1.29, 1.82) is 0 Å². The van der Waals surface area contributed by atoms with Gasteiger partial charge >= 0.3 is 0 Å². The Morgan fingerprint density at radius 2 is 1.92 bits per heavy atom. The lowest BCUT2D eigenvalue weighted by Gasteiger charge is -2.26. The fourth-order valence-electron chi connectivity index (χ4n) is 2.85. The number of likely N-dealkylation sites (tertiary alicyclic amines) is 1. The van der Waals surface area contributed by atoms with Crippen LogP contribution < -0.4 is 0 Å². The molecule has 1 saturated heterocycles. The molecular formula is C11H21N. The first-order valence-electron chi connectivity index (χ1n) is 5.30. The molecule has 12 heavy (non-hydrogen) atoms. The number of hydrogen-bond acceptors (Lipinski definition) is 1. The predicted molar refractivity (Wildman–Crippen MR) is 52.1 cm³/mol. The first kappa shape index (κ1) is 8.55. The molecule has 70 valence electrons. The third-order valence-electron chi connectivity index (χ3n) is 4.11. The predicted octanol–water partition coefficient (Wildman–Crippen LogP) is 2.37. The van der Waals surface area contributed by atoms with E-state index in [9.17, 15) is 0 Å². The summed E-state index contributed by atoms with van der Waals surface area (Å²) in [7, 11) is 0. The van der Waals surface area contributed by atoms with Crippen LogP contribution in [0.1, 0.15) is 34.1 Å². The molecule has 0 aromatic heterocycles. The van der Waals surface area contributed by atoms with Crippen LogP contribution in [0.4, 0.5) is 0 Å². The van der Waals surface area contributed by atoms with Gasteiger partial charge in [0.05, 0.1) is 0 Å². The Bertz CT molecular complexity index is 185. The summed E-state index contributed by atoms with van der Waals surface area (Å²) in [6.45, 7) is 12.2. The topological polar surface area (TPSA) is 3.24 Å². The average molecular weight is 167 g/mol. The van der Waals surface area contributed by atoms with Gasteiger partial charge in [0.2, 0.25) is 0 Å². The fourth-order valence-corrected chi connectivity index (χ4v) is 2.85. The standard InChI is InChI=1S/C11H21N/c1-8(2)11-5-10(11)6-12(7-11)9(3)4/h8-10H,5-7H2,1-4H3/t10-,11+/m0/s1. The highest BCUT2D eigenvalue weighted by Gasteiger charge is 2.61. The number of nitrogens with zero attached hydrogens (tertiary/aromatic N) is 1. The maximum atomic E-state index is 2.65. The van der Waals surface area contributed by atoms with Crippen molar-refractivity contribution in [3.63, 3.8) is 0 Å². The molecule has 0 aromatic rings. The molecule has 0 spiro atoms. The second-order valence-electron chi connectivity index (χ2n) is 5.31. The Balaban J connectivity index is 2.01. The Kier molecular flexibility index (Phi) is 1.76. The minimum atomic E-state index is 0.740. The van der Waals surface area contributed by atoms with Crippen molar-refractivity contribution in [2.45, 2.75) is 40.2 Å². The maximum Gasteiger partial charge on any atom is 0.00465 e.